The smallest absolute Gasteiger partial charge is 0.416 e. The highest BCUT2D eigenvalue weighted by Crippen LogP contribution is 2.34. The molecule has 3 nitrogen and oxygen atoms in total. The van der Waals surface area contributed by atoms with Crippen LogP contribution in [0.2, 0.25) is 5.02 Å². The average molecular weight is 297 g/mol. The van der Waals surface area contributed by atoms with Crippen molar-refractivity contribution in [3.8, 4) is 0 Å². The van der Waals surface area contributed by atoms with Gasteiger partial charge in [0.1, 0.15) is 0 Å². The number of aliphatic hydroxyl groups excluding tert-OH is 1. The van der Waals surface area contributed by atoms with Crippen LogP contribution in [0.4, 0.5) is 13.2 Å². The minimum atomic E-state index is -4.54. The molecule has 106 valence electrons. The van der Waals surface area contributed by atoms with Gasteiger partial charge in [0.2, 0.25) is 0 Å². The monoisotopic (exact) mass is 296 g/mol. The molecule has 19 heavy (non-hydrogen) atoms. The summed E-state index contributed by atoms with van der Waals surface area (Å²) >= 11 is 5.72. The lowest BCUT2D eigenvalue weighted by Crippen LogP contribution is -2.12. The summed E-state index contributed by atoms with van der Waals surface area (Å²) in [5.41, 5.74) is -1.08. The molecule has 0 heterocycles. The van der Waals surface area contributed by atoms with Crippen molar-refractivity contribution in [2.75, 3.05) is 6.61 Å². The number of hydrogen-bond acceptors (Lipinski definition) is 3. The van der Waals surface area contributed by atoms with Crippen LogP contribution in [0, 0.1) is 0 Å². The van der Waals surface area contributed by atoms with E-state index in [9.17, 15) is 23.1 Å². The summed E-state index contributed by atoms with van der Waals surface area (Å²) in [6.45, 7) is 1.71. The molecular formula is C12H12ClF3O3. The van der Waals surface area contributed by atoms with Gasteiger partial charge in [-0.05, 0) is 25.1 Å². The van der Waals surface area contributed by atoms with E-state index in [0.717, 1.165) is 18.2 Å². The number of hydrogen-bond donors (Lipinski definition) is 1. The van der Waals surface area contributed by atoms with Crippen molar-refractivity contribution in [3.63, 3.8) is 0 Å². The second-order valence-electron chi connectivity index (χ2n) is 3.76. The molecule has 0 aromatic heterocycles. The summed E-state index contributed by atoms with van der Waals surface area (Å²) in [5.74, 6) is -0.705. The van der Waals surface area contributed by atoms with Gasteiger partial charge in [0.25, 0.3) is 0 Å². The molecule has 1 unspecified atom stereocenters. The second kappa shape index (κ2) is 6.25. The van der Waals surface area contributed by atoms with Crippen molar-refractivity contribution in [3.05, 3.63) is 34.3 Å². The fourth-order valence-electron chi connectivity index (χ4n) is 1.46. The minimum absolute atomic E-state index is 0.0372. The molecule has 7 heteroatoms. The second-order valence-corrected chi connectivity index (χ2v) is 4.17. The van der Waals surface area contributed by atoms with Gasteiger partial charge in [0.05, 0.1) is 24.7 Å². The number of halogens is 4. The van der Waals surface area contributed by atoms with E-state index in [2.05, 4.69) is 4.74 Å². The molecule has 0 radical (unpaired) electrons. The van der Waals surface area contributed by atoms with Gasteiger partial charge in [0, 0.05) is 10.6 Å². The van der Waals surface area contributed by atoms with Crippen molar-refractivity contribution >= 4 is 17.6 Å². The van der Waals surface area contributed by atoms with E-state index in [4.69, 9.17) is 11.6 Å². The van der Waals surface area contributed by atoms with Gasteiger partial charge in [-0.25, -0.2) is 0 Å². The summed E-state index contributed by atoms with van der Waals surface area (Å²) in [4.78, 5) is 11.2. The molecule has 0 bridgehead atoms. The summed E-state index contributed by atoms with van der Waals surface area (Å²) in [5, 5.41) is 9.70. The Kier molecular flexibility index (Phi) is 5.20. The molecule has 0 aliphatic rings. The minimum Gasteiger partial charge on any atom is -0.466 e. The van der Waals surface area contributed by atoms with Crippen LogP contribution in [0.25, 0.3) is 0 Å². The number of benzene rings is 1. The standard InChI is InChI=1S/C12H12ClF3O3/c1-2-19-11(18)6-10(17)8-5-7(12(14,15)16)3-4-9(8)13/h3-5,10,17H,2,6H2,1H3. The maximum atomic E-state index is 12.5. The van der Waals surface area contributed by atoms with Crippen LogP contribution in [0.15, 0.2) is 18.2 Å². The first-order valence-electron chi connectivity index (χ1n) is 5.46. The van der Waals surface area contributed by atoms with Gasteiger partial charge in [0.15, 0.2) is 0 Å². The fraction of sp³-hybridized carbons (Fsp3) is 0.417. The molecule has 1 rings (SSSR count). The van der Waals surface area contributed by atoms with Gasteiger partial charge in [-0.3, -0.25) is 4.79 Å². The van der Waals surface area contributed by atoms with Crippen LogP contribution >= 0.6 is 11.6 Å². The number of aliphatic hydroxyl groups is 1. The lowest BCUT2D eigenvalue weighted by molar-refractivity contribution is -0.145. The predicted octanol–water partition coefficient (Wildman–Crippen LogP) is 3.35. The van der Waals surface area contributed by atoms with Crippen LogP contribution in [-0.4, -0.2) is 17.7 Å². The third kappa shape index (κ3) is 4.40. The average Bonchev–Trinajstić information content (AvgIpc) is 2.27. The number of ether oxygens (including phenoxy) is 1. The summed E-state index contributed by atoms with van der Waals surface area (Å²) in [6, 6.07) is 2.57. The first kappa shape index (κ1) is 15.8. The molecule has 0 aliphatic carbocycles. The molecule has 0 amide bonds. The van der Waals surface area contributed by atoms with Crippen molar-refractivity contribution in [2.45, 2.75) is 25.6 Å². The number of carbonyl (C=O) groups excluding carboxylic acids is 1. The summed E-state index contributed by atoms with van der Waals surface area (Å²) in [6.07, 6.45) is -6.42. The molecular weight excluding hydrogens is 285 g/mol. The Morgan fingerprint density at radius 3 is 2.63 bits per heavy atom. The van der Waals surface area contributed by atoms with E-state index >= 15 is 0 Å². The molecule has 1 aromatic rings. The summed E-state index contributed by atoms with van der Waals surface area (Å²) < 4.78 is 42.2. The van der Waals surface area contributed by atoms with E-state index in [1.54, 1.807) is 6.92 Å². The van der Waals surface area contributed by atoms with Gasteiger partial charge in [-0.1, -0.05) is 11.6 Å². The number of esters is 1. The molecule has 0 saturated heterocycles. The highest BCUT2D eigenvalue weighted by Gasteiger charge is 2.31. The maximum absolute atomic E-state index is 12.5. The molecule has 0 fully saturated rings. The van der Waals surface area contributed by atoms with E-state index in [0.29, 0.717) is 0 Å². The highest BCUT2D eigenvalue weighted by atomic mass is 35.5. The zero-order valence-electron chi connectivity index (χ0n) is 10.00. The zero-order chi connectivity index (χ0) is 14.6. The first-order valence-corrected chi connectivity index (χ1v) is 5.83. The van der Waals surface area contributed by atoms with Gasteiger partial charge in [-0.2, -0.15) is 13.2 Å². The Hall–Kier alpha value is -1.27. The number of alkyl halides is 3. The van der Waals surface area contributed by atoms with Crippen LogP contribution in [0.5, 0.6) is 0 Å². The van der Waals surface area contributed by atoms with Crippen LogP contribution in [0.3, 0.4) is 0 Å². The van der Waals surface area contributed by atoms with Crippen molar-refractivity contribution in [1.29, 1.82) is 0 Å². The zero-order valence-corrected chi connectivity index (χ0v) is 10.8. The largest absolute Gasteiger partial charge is 0.466 e. The Morgan fingerprint density at radius 1 is 1.47 bits per heavy atom. The third-order valence-corrected chi connectivity index (χ3v) is 2.69. The van der Waals surface area contributed by atoms with E-state index < -0.39 is 30.2 Å². The molecule has 1 atom stereocenters. The van der Waals surface area contributed by atoms with Gasteiger partial charge in [-0.15, -0.1) is 0 Å². The predicted molar refractivity (Wildman–Crippen MR) is 62.7 cm³/mol. The van der Waals surface area contributed by atoms with Crippen LogP contribution in [-0.2, 0) is 15.7 Å². The molecule has 0 aliphatic heterocycles. The van der Waals surface area contributed by atoms with E-state index in [1.165, 1.54) is 0 Å². The quantitative estimate of drug-likeness (QED) is 0.867. The van der Waals surface area contributed by atoms with Crippen LogP contribution < -0.4 is 0 Å². The fourth-order valence-corrected chi connectivity index (χ4v) is 1.71. The summed E-state index contributed by atoms with van der Waals surface area (Å²) in [7, 11) is 0. The van der Waals surface area contributed by atoms with Crippen molar-refractivity contribution < 1.29 is 27.8 Å². The Balaban J connectivity index is 2.96. The normalized spacial score (nSPS) is 13.2. The van der Waals surface area contributed by atoms with Crippen LogP contribution in [0.1, 0.15) is 30.6 Å². The number of carbonyl (C=O) groups is 1. The molecule has 1 aromatic carbocycles. The van der Waals surface area contributed by atoms with Gasteiger partial charge >= 0.3 is 12.1 Å². The highest BCUT2D eigenvalue weighted by molar-refractivity contribution is 6.31. The van der Waals surface area contributed by atoms with E-state index in [1.807, 2.05) is 0 Å². The molecule has 0 saturated carbocycles. The Morgan fingerprint density at radius 2 is 2.11 bits per heavy atom. The Bertz CT molecular complexity index is 460. The van der Waals surface area contributed by atoms with Crippen molar-refractivity contribution in [2.24, 2.45) is 0 Å². The topological polar surface area (TPSA) is 46.5 Å². The first-order chi connectivity index (χ1) is 8.75. The lowest BCUT2D eigenvalue weighted by atomic mass is 10.0. The van der Waals surface area contributed by atoms with Gasteiger partial charge < -0.3 is 9.84 Å². The van der Waals surface area contributed by atoms with Crippen molar-refractivity contribution in [1.82, 2.24) is 0 Å². The van der Waals surface area contributed by atoms with E-state index in [-0.39, 0.29) is 17.2 Å². The third-order valence-electron chi connectivity index (χ3n) is 2.35. The Labute approximate surface area is 112 Å². The lowest BCUT2D eigenvalue weighted by Gasteiger charge is -2.14. The molecule has 0 spiro atoms. The SMILES string of the molecule is CCOC(=O)CC(O)c1cc(C(F)(F)F)ccc1Cl. The number of rotatable bonds is 4. The molecule has 1 N–H and O–H groups in total. The maximum Gasteiger partial charge on any atom is 0.416 e.